The monoisotopic (exact) mass is 451 g/mol. The summed E-state index contributed by atoms with van der Waals surface area (Å²) in [4.78, 5) is 26.4. The first-order valence-electron chi connectivity index (χ1n) is 11.4. The van der Waals surface area contributed by atoms with E-state index in [9.17, 15) is 9.59 Å². The first-order chi connectivity index (χ1) is 16.0. The molecule has 1 unspecified atom stereocenters. The number of primary amides is 1. The van der Waals surface area contributed by atoms with E-state index in [0.717, 1.165) is 56.2 Å². The van der Waals surface area contributed by atoms with E-state index >= 15 is 0 Å². The molecule has 0 radical (unpaired) electrons. The lowest BCUT2D eigenvalue weighted by Crippen LogP contribution is -2.32. The van der Waals surface area contributed by atoms with Gasteiger partial charge in [0.2, 0.25) is 0 Å². The molecular formula is C25H33N5O3. The summed E-state index contributed by atoms with van der Waals surface area (Å²) in [6.45, 7) is 3.55. The van der Waals surface area contributed by atoms with Crippen LogP contribution in [0.1, 0.15) is 67.4 Å². The zero-order valence-corrected chi connectivity index (χ0v) is 19.5. The summed E-state index contributed by atoms with van der Waals surface area (Å²) < 4.78 is 6.93. The summed E-state index contributed by atoms with van der Waals surface area (Å²) in [7, 11) is 1.65. The molecular weight excluding hydrogens is 418 g/mol. The van der Waals surface area contributed by atoms with Crippen molar-refractivity contribution in [1.82, 2.24) is 14.7 Å². The number of carbonyl (C=O) groups is 2. The number of hydrogen-bond donors (Lipinski definition) is 2. The van der Waals surface area contributed by atoms with Crippen molar-refractivity contribution in [2.24, 2.45) is 5.73 Å². The van der Waals surface area contributed by atoms with Crippen molar-refractivity contribution in [1.29, 1.82) is 0 Å². The Bertz CT molecular complexity index is 1030. The maximum atomic E-state index is 12.3. The van der Waals surface area contributed by atoms with E-state index in [1.807, 2.05) is 29.2 Å². The molecule has 0 aliphatic carbocycles. The molecule has 0 bridgehead atoms. The molecule has 2 heterocycles. The largest absolute Gasteiger partial charge is 0.383 e. The van der Waals surface area contributed by atoms with E-state index in [2.05, 4.69) is 11.8 Å². The van der Waals surface area contributed by atoms with Gasteiger partial charge in [-0.15, -0.1) is 0 Å². The van der Waals surface area contributed by atoms with E-state index in [-0.39, 0.29) is 17.5 Å². The molecule has 8 nitrogen and oxygen atoms in total. The minimum atomic E-state index is -0.593. The highest BCUT2D eigenvalue weighted by molar-refractivity contribution is 6.03. The molecule has 3 rings (SSSR count). The van der Waals surface area contributed by atoms with Crippen molar-refractivity contribution in [3.63, 3.8) is 0 Å². The van der Waals surface area contributed by atoms with Gasteiger partial charge in [-0.2, -0.15) is 5.10 Å². The van der Waals surface area contributed by atoms with Crippen LogP contribution in [0.25, 0.3) is 11.3 Å². The molecule has 1 saturated heterocycles. The van der Waals surface area contributed by atoms with Crippen LogP contribution >= 0.6 is 0 Å². The van der Waals surface area contributed by atoms with Gasteiger partial charge in [0.05, 0.1) is 12.6 Å². The molecule has 1 aliphatic heterocycles. The van der Waals surface area contributed by atoms with Crippen molar-refractivity contribution >= 4 is 17.6 Å². The Morgan fingerprint density at radius 1 is 1.12 bits per heavy atom. The second-order valence-corrected chi connectivity index (χ2v) is 8.36. The smallest absolute Gasteiger partial charge is 0.298 e. The van der Waals surface area contributed by atoms with Gasteiger partial charge in [-0.3, -0.25) is 9.59 Å². The number of anilines is 1. The molecule has 1 aliphatic rings. The quantitative estimate of drug-likeness (QED) is 0.678. The zero-order valence-electron chi connectivity index (χ0n) is 19.5. The number of amides is 2. The third-order valence-corrected chi connectivity index (χ3v) is 6.03. The van der Waals surface area contributed by atoms with Crippen LogP contribution in [0.5, 0.6) is 0 Å². The second kappa shape index (κ2) is 11.5. The van der Waals surface area contributed by atoms with Crippen LogP contribution in [-0.2, 0) is 16.1 Å². The fraction of sp³-hybridized carbons (Fsp3) is 0.480. The lowest BCUT2D eigenvalue weighted by molar-refractivity contribution is -0.125. The molecule has 0 saturated carbocycles. The fourth-order valence-electron chi connectivity index (χ4n) is 4.36. The van der Waals surface area contributed by atoms with Crippen LogP contribution < -0.4 is 11.5 Å². The number of nitrogens with zero attached hydrogens (tertiary/aromatic N) is 3. The summed E-state index contributed by atoms with van der Waals surface area (Å²) in [5.74, 6) is 4.92. The Kier molecular flexibility index (Phi) is 8.50. The highest BCUT2D eigenvalue weighted by Gasteiger charge is 2.26. The normalized spacial score (nSPS) is 17.2. The zero-order chi connectivity index (χ0) is 23.8. The van der Waals surface area contributed by atoms with Crippen LogP contribution in [0.2, 0.25) is 0 Å². The Balaban J connectivity index is 1.87. The van der Waals surface area contributed by atoms with Crippen molar-refractivity contribution in [3.05, 3.63) is 35.4 Å². The highest BCUT2D eigenvalue weighted by Crippen LogP contribution is 2.33. The topological polar surface area (TPSA) is 116 Å². The van der Waals surface area contributed by atoms with E-state index in [1.54, 1.807) is 18.7 Å². The fourth-order valence-corrected chi connectivity index (χ4v) is 4.36. The number of nitrogen functional groups attached to an aromatic ring is 1. The molecule has 8 heteroatoms. The van der Waals surface area contributed by atoms with Crippen LogP contribution in [0.3, 0.4) is 0 Å². The average Bonchev–Trinajstić information content (AvgIpc) is 3.15. The molecule has 1 aromatic heterocycles. The number of aromatic nitrogens is 2. The lowest BCUT2D eigenvalue weighted by atomic mass is 10.0. The number of methoxy groups -OCH3 is 1. The van der Waals surface area contributed by atoms with Crippen molar-refractivity contribution in [2.45, 2.75) is 58.1 Å². The summed E-state index contributed by atoms with van der Waals surface area (Å²) >= 11 is 0. The lowest BCUT2D eigenvalue weighted by Gasteiger charge is -2.25. The molecule has 176 valence electrons. The number of rotatable bonds is 5. The van der Waals surface area contributed by atoms with Crippen molar-refractivity contribution < 1.29 is 14.3 Å². The molecule has 1 fully saturated rings. The van der Waals surface area contributed by atoms with Crippen LogP contribution in [-0.4, -0.2) is 46.7 Å². The molecule has 2 aromatic rings. The average molecular weight is 452 g/mol. The van der Waals surface area contributed by atoms with E-state index in [1.165, 1.54) is 0 Å². The third-order valence-electron chi connectivity index (χ3n) is 6.03. The summed E-state index contributed by atoms with van der Waals surface area (Å²) in [5, 5.41) is 4.77. The van der Waals surface area contributed by atoms with E-state index in [4.69, 9.17) is 21.3 Å². The SMILES string of the molecule is CC#CC(=O)N1CCCCCC(n2nc(-c3ccc(COC)cc3)c(C(N)=O)c2N)CCC1. The van der Waals surface area contributed by atoms with Crippen LogP contribution in [0.4, 0.5) is 5.82 Å². The molecule has 33 heavy (non-hydrogen) atoms. The third kappa shape index (κ3) is 5.93. The van der Waals surface area contributed by atoms with Crippen LogP contribution in [0.15, 0.2) is 24.3 Å². The Labute approximate surface area is 195 Å². The van der Waals surface area contributed by atoms with Gasteiger partial charge >= 0.3 is 0 Å². The van der Waals surface area contributed by atoms with Gasteiger partial charge in [0.1, 0.15) is 17.1 Å². The van der Waals surface area contributed by atoms with E-state index in [0.29, 0.717) is 24.7 Å². The van der Waals surface area contributed by atoms with Gasteiger partial charge in [0, 0.05) is 25.8 Å². The summed E-state index contributed by atoms with van der Waals surface area (Å²) in [6.07, 6.45) is 5.41. The Morgan fingerprint density at radius 3 is 2.48 bits per heavy atom. The maximum Gasteiger partial charge on any atom is 0.298 e. The number of hydrogen-bond acceptors (Lipinski definition) is 5. The standard InChI is InChI=1S/C25H33N5O3/c1-3-8-21(31)29-15-6-4-5-9-20(10-7-16-29)30-24(26)22(25(27)32)23(28-30)19-13-11-18(12-14-19)17-33-2/h11-14,20H,4-7,9-10,15-17,26H2,1-2H3,(H2,27,32). The van der Waals surface area contributed by atoms with Gasteiger partial charge in [-0.25, -0.2) is 4.68 Å². The second-order valence-electron chi connectivity index (χ2n) is 8.36. The molecule has 2 amide bonds. The first-order valence-corrected chi connectivity index (χ1v) is 11.4. The summed E-state index contributed by atoms with van der Waals surface area (Å²) in [6, 6.07) is 7.70. The predicted octanol–water partition coefficient (Wildman–Crippen LogP) is 3.12. The minimum Gasteiger partial charge on any atom is -0.383 e. The van der Waals surface area contributed by atoms with Crippen molar-refractivity contribution in [2.75, 3.05) is 25.9 Å². The van der Waals surface area contributed by atoms with E-state index < -0.39 is 5.91 Å². The maximum absolute atomic E-state index is 12.3. The van der Waals surface area contributed by atoms with Crippen LogP contribution in [0, 0.1) is 11.8 Å². The molecule has 4 N–H and O–H groups in total. The van der Waals surface area contributed by atoms with Gasteiger partial charge in [0.25, 0.3) is 11.8 Å². The summed E-state index contributed by atoms with van der Waals surface area (Å²) in [5.41, 5.74) is 14.7. The van der Waals surface area contributed by atoms with Gasteiger partial charge in [-0.05, 0) is 44.1 Å². The molecule has 0 spiro atoms. The Morgan fingerprint density at radius 2 is 1.82 bits per heavy atom. The Hall–Kier alpha value is -3.31. The minimum absolute atomic E-state index is 0.0249. The van der Waals surface area contributed by atoms with Gasteiger partial charge in [0.15, 0.2) is 0 Å². The first kappa shape index (κ1) is 24.3. The number of benzene rings is 1. The van der Waals surface area contributed by atoms with Gasteiger partial charge < -0.3 is 21.1 Å². The number of ether oxygens (including phenoxy) is 1. The number of nitrogens with two attached hydrogens (primary N) is 2. The highest BCUT2D eigenvalue weighted by atomic mass is 16.5. The predicted molar refractivity (Wildman–Crippen MR) is 128 cm³/mol. The number of carbonyl (C=O) groups excluding carboxylic acids is 2. The van der Waals surface area contributed by atoms with Crippen molar-refractivity contribution in [3.8, 4) is 23.1 Å². The van der Waals surface area contributed by atoms with Gasteiger partial charge in [-0.1, -0.05) is 43.0 Å². The molecule has 1 atom stereocenters. The molecule has 1 aromatic carbocycles.